The zero-order chi connectivity index (χ0) is 7.78. The fourth-order valence-corrected chi connectivity index (χ4v) is 1.13. The van der Waals surface area contributed by atoms with Crippen LogP contribution in [0.1, 0.15) is 26.2 Å². The second-order valence-electron chi connectivity index (χ2n) is 2.86. The van der Waals surface area contributed by atoms with Gasteiger partial charge < -0.3 is 0 Å². The van der Waals surface area contributed by atoms with E-state index in [0.717, 1.165) is 6.92 Å². The van der Waals surface area contributed by atoms with Crippen LogP contribution in [-0.2, 0) is 4.79 Å². The van der Waals surface area contributed by atoms with E-state index in [1.54, 1.807) is 0 Å². The van der Waals surface area contributed by atoms with Crippen molar-refractivity contribution in [3.05, 3.63) is 0 Å². The summed E-state index contributed by atoms with van der Waals surface area (Å²) in [5.74, 6) is -0.591. The molecule has 0 saturated heterocycles. The molecule has 2 atom stereocenters. The maximum absolute atomic E-state index is 12.9. The van der Waals surface area contributed by atoms with Crippen molar-refractivity contribution in [1.29, 1.82) is 0 Å². The number of Topliss-reactive ketones (excluding diaryl/α,β-unsaturated/α-hetero) is 1. The number of carbonyl (C=O) groups is 1. The summed E-state index contributed by atoms with van der Waals surface area (Å²) in [6, 6.07) is 0. The standard InChI is InChI=1S/C7H10F2O/c1-7(9)5(8)3-2-4-6(7)10/h5H,2-4H2,1H3/t5-,7+/m1/s1. The van der Waals surface area contributed by atoms with E-state index in [9.17, 15) is 13.6 Å². The predicted octanol–water partition coefficient (Wildman–Crippen LogP) is 1.81. The molecule has 1 aliphatic carbocycles. The molecule has 0 spiro atoms. The molecule has 0 amide bonds. The number of hydrogen-bond acceptors (Lipinski definition) is 1. The van der Waals surface area contributed by atoms with Gasteiger partial charge in [-0.15, -0.1) is 0 Å². The summed E-state index contributed by atoms with van der Waals surface area (Å²) < 4.78 is 25.5. The lowest BCUT2D eigenvalue weighted by Gasteiger charge is -2.27. The van der Waals surface area contributed by atoms with Crippen LogP contribution < -0.4 is 0 Å². The van der Waals surface area contributed by atoms with E-state index in [-0.39, 0.29) is 12.8 Å². The first-order valence-corrected chi connectivity index (χ1v) is 3.41. The average Bonchev–Trinajstić information content (AvgIpc) is 1.84. The van der Waals surface area contributed by atoms with Gasteiger partial charge in [0, 0.05) is 6.42 Å². The maximum Gasteiger partial charge on any atom is 0.196 e. The smallest absolute Gasteiger partial charge is 0.196 e. The van der Waals surface area contributed by atoms with Crippen LogP contribution in [0.25, 0.3) is 0 Å². The summed E-state index contributed by atoms with van der Waals surface area (Å²) in [7, 11) is 0. The Labute approximate surface area is 58.4 Å². The van der Waals surface area contributed by atoms with E-state index in [4.69, 9.17) is 0 Å². The molecule has 0 unspecified atom stereocenters. The van der Waals surface area contributed by atoms with Crippen LogP contribution in [0.2, 0.25) is 0 Å². The third-order valence-corrected chi connectivity index (χ3v) is 1.99. The highest BCUT2D eigenvalue weighted by Crippen LogP contribution is 2.30. The molecule has 1 rings (SSSR count). The predicted molar refractivity (Wildman–Crippen MR) is 33.3 cm³/mol. The Kier molecular flexibility index (Phi) is 1.75. The number of halogens is 2. The molecule has 0 radical (unpaired) electrons. The van der Waals surface area contributed by atoms with Crippen molar-refractivity contribution in [2.45, 2.75) is 38.0 Å². The fraction of sp³-hybridized carbons (Fsp3) is 0.857. The monoisotopic (exact) mass is 148 g/mol. The average molecular weight is 148 g/mol. The molecule has 0 N–H and O–H groups in total. The Hall–Kier alpha value is -0.470. The summed E-state index contributed by atoms with van der Waals surface area (Å²) in [4.78, 5) is 10.7. The topological polar surface area (TPSA) is 17.1 Å². The third kappa shape index (κ3) is 1.04. The molecule has 1 aliphatic rings. The maximum atomic E-state index is 12.9. The molecule has 0 aliphatic heterocycles. The first kappa shape index (κ1) is 7.63. The molecule has 3 heteroatoms. The minimum absolute atomic E-state index is 0.179. The normalized spacial score (nSPS) is 41.9. The van der Waals surface area contributed by atoms with Gasteiger partial charge in [-0.3, -0.25) is 4.79 Å². The highest BCUT2D eigenvalue weighted by Gasteiger charge is 2.44. The molecule has 0 aromatic heterocycles. The highest BCUT2D eigenvalue weighted by atomic mass is 19.2. The summed E-state index contributed by atoms with van der Waals surface area (Å²) in [6.07, 6.45) is -0.736. The van der Waals surface area contributed by atoms with Crippen LogP contribution in [0.15, 0.2) is 0 Å². The van der Waals surface area contributed by atoms with Gasteiger partial charge in [-0.25, -0.2) is 8.78 Å². The number of hydrogen-bond donors (Lipinski definition) is 0. The van der Waals surface area contributed by atoms with Crippen LogP contribution in [0.5, 0.6) is 0 Å². The van der Waals surface area contributed by atoms with Gasteiger partial charge in [0.05, 0.1) is 0 Å². The van der Waals surface area contributed by atoms with Gasteiger partial charge >= 0.3 is 0 Å². The van der Waals surface area contributed by atoms with Crippen molar-refractivity contribution in [2.24, 2.45) is 0 Å². The summed E-state index contributed by atoms with van der Waals surface area (Å²) in [6.45, 7) is 1.03. The van der Waals surface area contributed by atoms with Gasteiger partial charge in [-0.1, -0.05) is 0 Å². The highest BCUT2D eigenvalue weighted by molar-refractivity contribution is 5.88. The molecule has 0 heterocycles. The van der Waals surface area contributed by atoms with E-state index >= 15 is 0 Å². The Morgan fingerprint density at radius 3 is 2.70 bits per heavy atom. The van der Waals surface area contributed by atoms with Crippen LogP contribution in [0, 0.1) is 0 Å². The zero-order valence-electron chi connectivity index (χ0n) is 5.86. The summed E-state index contributed by atoms with van der Waals surface area (Å²) in [5.41, 5.74) is -2.21. The number of carbonyl (C=O) groups excluding carboxylic acids is 1. The lowest BCUT2D eigenvalue weighted by molar-refractivity contribution is -0.137. The molecule has 58 valence electrons. The zero-order valence-corrected chi connectivity index (χ0v) is 5.86. The molecule has 0 aromatic rings. The van der Waals surface area contributed by atoms with Gasteiger partial charge in [0.25, 0.3) is 0 Å². The van der Waals surface area contributed by atoms with Gasteiger partial charge in [0.1, 0.15) is 6.17 Å². The van der Waals surface area contributed by atoms with E-state index < -0.39 is 17.6 Å². The molecule has 1 nitrogen and oxygen atoms in total. The van der Waals surface area contributed by atoms with Crippen LogP contribution in [0.3, 0.4) is 0 Å². The second-order valence-corrected chi connectivity index (χ2v) is 2.86. The number of ketones is 1. The first-order valence-electron chi connectivity index (χ1n) is 3.41. The van der Waals surface area contributed by atoms with Crippen molar-refractivity contribution in [3.8, 4) is 0 Å². The third-order valence-electron chi connectivity index (χ3n) is 1.99. The van der Waals surface area contributed by atoms with Gasteiger partial charge in [-0.05, 0) is 19.8 Å². The van der Waals surface area contributed by atoms with Gasteiger partial charge in [-0.2, -0.15) is 0 Å². The van der Waals surface area contributed by atoms with E-state index in [1.165, 1.54) is 0 Å². The van der Waals surface area contributed by atoms with Crippen molar-refractivity contribution >= 4 is 5.78 Å². The fourth-order valence-electron chi connectivity index (χ4n) is 1.13. The minimum atomic E-state index is -2.21. The second kappa shape index (κ2) is 2.29. The van der Waals surface area contributed by atoms with Crippen LogP contribution in [0.4, 0.5) is 8.78 Å². The molecular formula is C7H10F2O. The lowest BCUT2D eigenvalue weighted by Crippen LogP contribution is -2.43. The van der Waals surface area contributed by atoms with Crippen molar-refractivity contribution in [3.63, 3.8) is 0 Å². The quantitative estimate of drug-likeness (QED) is 0.512. The molecule has 10 heavy (non-hydrogen) atoms. The lowest BCUT2D eigenvalue weighted by atomic mass is 9.85. The Morgan fingerprint density at radius 2 is 2.30 bits per heavy atom. The summed E-state index contributed by atoms with van der Waals surface area (Å²) >= 11 is 0. The van der Waals surface area contributed by atoms with Crippen molar-refractivity contribution in [1.82, 2.24) is 0 Å². The molecular weight excluding hydrogens is 138 g/mol. The Morgan fingerprint density at radius 1 is 1.70 bits per heavy atom. The molecule has 0 bridgehead atoms. The van der Waals surface area contributed by atoms with Gasteiger partial charge in [0.15, 0.2) is 11.5 Å². The van der Waals surface area contributed by atoms with Crippen LogP contribution >= 0.6 is 0 Å². The molecule has 1 fully saturated rings. The number of alkyl halides is 2. The number of rotatable bonds is 0. The minimum Gasteiger partial charge on any atom is -0.296 e. The summed E-state index contributed by atoms with van der Waals surface area (Å²) in [5, 5.41) is 0. The SMILES string of the molecule is C[C@@]1(F)C(=O)CCC[C@H]1F. The van der Waals surface area contributed by atoms with Gasteiger partial charge in [0.2, 0.25) is 0 Å². The Balaban J connectivity index is 2.73. The molecule has 0 aromatic carbocycles. The van der Waals surface area contributed by atoms with Crippen molar-refractivity contribution < 1.29 is 13.6 Å². The van der Waals surface area contributed by atoms with E-state index in [1.807, 2.05) is 0 Å². The van der Waals surface area contributed by atoms with Crippen molar-refractivity contribution in [2.75, 3.05) is 0 Å². The van der Waals surface area contributed by atoms with Crippen LogP contribution in [-0.4, -0.2) is 17.6 Å². The molecule has 1 saturated carbocycles. The largest absolute Gasteiger partial charge is 0.296 e. The Bertz CT molecular complexity index is 154. The van der Waals surface area contributed by atoms with E-state index in [2.05, 4.69) is 0 Å². The van der Waals surface area contributed by atoms with E-state index in [0.29, 0.717) is 6.42 Å². The first-order chi connectivity index (χ1) is 4.55.